The summed E-state index contributed by atoms with van der Waals surface area (Å²) in [7, 11) is 16.1. The summed E-state index contributed by atoms with van der Waals surface area (Å²) in [5.41, 5.74) is 2.23. The second-order valence-electron chi connectivity index (χ2n) is 6.60. The molecule has 8 heteroatoms. The molecule has 0 unspecified atom stereocenters. The van der Waals surface area contributed by atoms with Crippen molar-refractivity contribution >= 4 is 40.3 Å². The van der Waals surface area contributed by atoms with Crippen LogP contribution in [0.2, 0.25) is 0 Å². The first kappa shape index (κ1) is 20.0. The van der Waals surface area contributed by atoms with Crippen molar-refractivity contribution in [3.63, 3.8) is 0 Å². The summed E-state index contributed by atoms with van der Waals surface area (Å²) in [6, 6.07) is 10.0. The zero-order chi connectivity index (χ0) is 20.5. The number of pyridine rings is 1. The van der Waals surface area contributed by atoms with Gasteiger partial charge in [-0.2, -0.15) is 0 Å². The fraction of sp³-hybridized carbons (Fsp3) is 0.200. The molecule has 1 aromatic heterocycles. The lowest BCUT2D eigenvalue weighted by atomic mass is 9.49. The van der Waals surface area contributed by atoms with Crippen molar-refractivity contribution in [2.75, 3.05) is 0 Å². The molecule has 0 saturated heterocycles. The van der Waals surface area contributed by atoms with Crippen LogP contribution >= 0.6 is 0 Å². The summed E-state index contributed by atoms with van der Waals surface area (Å²) < 4.78 is 20.4. The van der Waals surface area contributed by atoms with E-state index in [1.807, 2.05) is 25.1 Å². The standard InChI is InChI=1S/C20H16B3FN2O2/c1-3-12-4-5-17(11(2)8-12)28-18-6-7-25-16-10-15(24)13(9-14(16)18)19(27)26-20(21,22)23/h4-10H,3H2,1-2H3,(H,26,27). The van der Waals surface area contributed by atoms with E-state index in [1.165, 1.54) is 17.8 Å². The third-order valence-corrected chi connectivity index (χ3v) is 4.23. The minimum atomic E-state index is -1.97. The number of halogens is 1. The summed E-state index contributed by atoms with van der Waals surface area (Å²) >= 11 is 0. The molecule has 0 saturated carbocycles. The minimum absolute atomic E-state index is 0.269. The summed E-state index contributed by atoms with van der Waals surface area (Å²) in [5.74, 6) is -0.525. The Bertz CT molecular complexity index is 1050. The topological polar surface area (TPSA) is 51.2 Å². The lowest BCUT2D eigenvalue weighted by Crippen LogP contribution is -2.50. The minimum Gasteiger partial charge on any atom is -0.456 e. The number of fused-ring (bicyclic) bond motifs is 1. The van der Waals surface area contributed by atoms with E-state index >= 15 is 0 Å². The van der Waals surface area contributed by atoms with E-state index in [0.29, 0.717) is 22.4 Å². The number of hydrogen-bond acceptors (Lipinski definition) is 3. The number of carbonyl (C=O) groups excluding carboxylic acids is 1. The van der Waals surface area contributed by atoms with Crippen molar-refractivity contribution in [3.05, 3.63) is 65.1 Å². The molecule has 0 atom stereocenters. The predicted molar refractivity (Wildman–Crippen MR) is 110 cm³/mol. The van der Waals surface area contributed by atoms with E-state index < -0.39 is 17.0 Å². The molecule has 1 amide bonds. The van der Waals surface area contributed by atoms with Crippen LogP contribution in [0.3, 0.4) is 0 Å². The number of ether oxygens (including phenoxy) is 1. The normalized spacial score (nSPS) is 11.4. The number of amides is 1. The molecule has 0 bridgehead atoms. The van der Waals surface area contributed by atoms with Crippen LogP contribution in [0.5, 0.6) is 11.5 Å². The van der Waals surface area contributed by atoms with Crippen LogP contribution in [0.15, 0.2) is 42.6 Å². The van der Waals surface area contributed by atoms with Crippen LogP contribution in [-0.4, -0.2) is 39.7 Å². The number of rotatable bonds is 5. The SMILES string of the molecule is [B]C([B])([B])NC(=O)c1cc2c(Oc3ccc(CC)cc3C)ccnc2cc1F. The molecule has 134 valence electrons. The van der Waals surface area contributed by atoms with Gasteiger partial charge < -0.3 is 10.1 Å². The lowest BCUT2D eigenvalue weighted by Gasteiger charge is -2.22. The van der Waals surface area contributed by atoms with E-state index in [9.17, 15) is 9.18 Å². The van der Waals surface area contributed by atoms with Gasteiger partial charge in [-0.15, -0.1) is 0 Å². The quantitative estimate of drug-likeness (QED) is 0.705. The number of carbonyl (C=O) groups is 1. The average molecular weight is 368 g/mol. The molecule has 2 aromatic carbocycles. The smallest absolute Gasteiger partial charge is 0.252 e. The highest BCUT2D eigenvalue weighted by molar-refractivity contribution is 6.60. The van der Waals surface area contributed by atoms with Gasteiger partial charge in [0.2, 0.25) is 0 Å². The fourth-order valence-corrected chi connectivity index (χ4v) is 2.83. The Morgan fingerprint density at radius 2 is 1.93 bits per heavy atom. The second-order valence-corrected chi connectivity index (χ2v) is 6.60. The number of nitrogens with zero attached hydrogens (tertiary/aromatic N) is 1. The summed E-state index contributed by atoms with van der Waals surface area (Å²) in [6.07, 6.45) is 2.43. The first-order chi connectivity index (χ1) is 13.2. The Labute approximate surface area is 167 Å². The van der Waals surface area contributed by atoms with Crippen LogP contribution in [0.4, 0.5) is 4.39 Å². The molecule has 28 heavy (non-hydrogen) atoms. The number of aryl methyl sites for hydroxylation is 2. The van der Waals surface area contributed by atoms with Crippen molar-refractivity contribution in [3.8, 4) is 11.5 Å². The maximum absolute atomic E-state index is 14.4. The number of aromatic nitrogens is 1. The molecule has 6 radical (unpaired) electrons. The van der Waals surface area contributed by atoms with Crippen molar-refractivity contribution in [2.24, 2.45) is 0 Å². The Hall–Kier alpha value is -2.76. The van der Waals surface area contributed by atoms with E-state index in [2.05, 4.69) is 17.2 Å². The number of benzene rings is 2. The van der Waals surface area contributed by atoms with Crippen LogP contribution in [-0.2, 0) is 6.42 Å². The third kappa shape index (κ3) is 4.38. The molecular formula is C20H16B3FN2O2. The summed E-state index contributed by atoms with van der Waals surface area (Å²) in [4.78, 5) is 16.4. The molecule has 3 aromatic rings. The molecule has 0 aliphatic rings. The Morgan fingerprint density at radius 3 is 2.57 bits per heavy atom. The van der Waals surface area contributed by atoms with E-state index in [0.717, 1.165) is 18.1 Å². The largest absolute Gasteiger partial charge is 0.456 e. The molecule has 3 rings (SSSR count). The van der Waals surface area contributed by atoms with Gasteiger partial charge in [0.05, 0.1) is 34.6 Å². The van der Waals surface area contributed by atoms with Crippen molar-refractivity contribution in [1.29, 1.82) is 0 Å². The summed E-state index contributed by atoms with van der Waals surface area (Å²) in [5, 5.41) is 0.620. The first-order valence-electron chi connectivity index (χ1n) is 8.72. The molecule has 1 N–H and O–H groups in total. The second kappa shape index (κ2) is 7.70. The molecule has 0 fully saturated rings. The van der Waals surface area contributed by atoms with Gasteiger partial charge in [0.1, 0.15) is 17.3 Å². The number of hydrogen-bond donors (Lipinski definition) is 1. The maximum atomic E-state index is 14.4. The molecule has 0 aliphatic heterocycles. The molecular weight excluding hydrogens is 352 g/mol. The van der Waals surface area contributed by atoms with Gasteiger partial charge in [-0.1, -0.05) is 24.3 Å². The monoisotopic (exact) mass is 368 g/mol. The van der Waals surface area contributed by atoms with Gasteiger partial charge in [-0.05, 0) is 42.7 Å². The predicted octanol–water partition coefficient (Wildman–Crippen LogP) is 2.88. The number of nitrogens with one attached hydrogen (secondary N) is 1. The van der Waals surface area contributed by atoms with Crippen LogP contribution in [0.25, 0.3) is 10.9 Å². The molecule has 0 spiro atoms. The molecule has 4 nitrogen and oxygen atoms in total. The van der Waals surface area contributed by atoms with Crippen LogP contribution < -0.4 is 10.1 Å². The van der Waals surface area contributed by atoms with Crippen molar-refractivity contribution in [1.82, 2.24) is 10.3 Å². The van der Waals surface area contributed by atoms with E-state index in [4.69, 9.17) is 28.3 Å². The van der Waals surface area contributed by atoms with Gasteiger partial charge in [-0.25, -0.2) is 4.39 Å². The van der Waals surface area contributed by atoms with Gasteiger partial charge >= 0.3 is 0 Å². The highest BCUT2D eigenvalue weighted by Gasteiger charge is 2.19. The first-order valence-corrected chi connectivity index (χ1v) is 8.72. The summed E-state index contributed by atoms with van der Waals surface area (Å²) in [6.45, 7) is 4.02. The average Bonchev–Trinajstić information content (AvgIpc) is 2.61. The van der Waals surface area contributed by atoms with E-state index in [1.54, 1.807) is 6.07 Å². The maximum Gasteiger partial charge on any atom is 0.252 e. The van der Waals surface area contributed by atoms with Crippen molar-refractivity contribution < 1.29 is 13.9 Å². The Kier molecular flexibility index (Phi) is 5.50. The Morgan fingerprint density at radius 1 is 1.18 bits per heavy atom. The highest BCUT2D eigenvalue weighted by Crippen LogP contribution is 2.32. The Balaban J connectivity index is 2.04. The third-order valence-electron chi connectivity index (χ3n) is 4.23. The zero-order valence-electron chi connectivity index (χ0n) is 15.6. The zero-order valence-corrected chi connectivity index (χ0v) is 15.6. The van der Waals surface area contributed by atoms with Crippen LogP contribution in [0, 0.1) is 12.7 Å². The molecule has 0 aliphatic carbocycles. The lowest BCUT2D eigenvalue weighted by molar-refractivity contribution is 0.0948. The van der Waals surface area contributed by atoms with E-state index in [-0.39, 0.29) is 5.56 Å². The van der Waals surface area contributed by atoms with Gasteiger partial charge in [-0.3, -0.25) is 9.78 Å². The van der Waals surface area contributed by atoms with Gasteiger partial charge in [0.25, 0.3) is 5.91 Å². The highest BCUT2D eigenvalue weighted by atomic mass is 19.1. The van der Waals surface area contributed by atoms with Gasteiger partial charge in [0.15, 0.2) is 0 Å². The molecule has 1 heterocycles. The van der Waals surface area contributed by atoms with Crippen molar-refractivity contribution in [2.45, 2.75) is 25.5 Å². The fourth-order valence-electron chi connectivity index (χ4n) is 2.83. The van der Waals surface area contributed by atoms with Crippen LogP contribution in [0.1, 0.15) is 28.4 Å². The van der Waals surface area contributed by atoms with Gasteiger partial charge in [0, 0.05) is 17.6 Å².